The largest absolute Gasteiger partial charge is 0.440 e. The zero-order valence-corrected chi connectivity index (χ0v) is 10.9. The molecule has 1 aromatic heterocycles. The number of nitrogens with zero attached hydrogens (tertiary/aromatic N) is 1. The van der Waals surface area contributed by atoms with Crippen molar-refractivity contribution in [3.8, 4) is 0 Å². The average Bonchev–Trinajstić information content (AvgIpc) is 2.72. The van der Waals surface area contributed by atoms with Crippen LogP contribution in [-0.2, 0) is 14.8 Å². The van der Waals surface area contributed by atoms with Gasteiger partial charge in [-0.25, -0.2) is 8.42 Å². The van der Waals surface area contributed by atoms with E-state index < -0.39 is 10.0 Å². The number of furan rings is 1. The summed E-state index contributed by atoms with van der Waals surface area (Å²) in [4.78, 5) is 10.5. The van der Waals surface area contributed by atoms with Crippen molar-refractivity contribution in [2.45, 2.75) is 24.5 Å². The second-order valence-electron chi connectivity index (χ2n) is 4.17. The monoisotopic (exact) mass is 273 g/mol. The van der Waals surface area contributed by atoms with Crippen molar-refractivity contribution in [3.63, 3.8) is 0 Å². The topological polar surface area (TPSA) is 76.8 Å². The number of rotatable bonds is 3. The van der Waals surface area contributed by atoms with E-state index in [0.717, 1.165) is 0 Å². The lowest BCUT2D eigenvalue weighted by molar-refractivity contribution is 0.0750. The Hall–Kier alpha value is -1.18. The zero-order chi connectivity index (χ0) is 13.2. The van der Waals surface area contributed by atoms with Gasteiger partial charge in [-0.05, 0) is 25.5 Å². The maximum absolute atomic E-state index is 12.3. The standard InChI is InChI=1S/C11H15NO5S/c1-9-7-12(5-2-6-16-9)18(14,15)11-4-3-10(8-13)17-11/h3-4,8-9H,2,5-7H2,1H3. The molecule has 18 heavy (non-hydrogen) atoms. The number of carbonyl (C=O) groups is 1. The number of ether oxygens (including phenoxy) is 1. The van der Waals surface area contributed by atoms with Crippen molar-refractivity contribution in [2.75, 3.05) is 19.7 Å². The zero-order valence-electron chi connectivity index (χ0n) is 10.0. The molecule has 0 spiro atoms. The summed E-state index contributed by atoms with van der Waals surface area (Å²) in [5.74, 6) is 0.00713. The van der Waals surface area contributed by atoms with E-state index in [1.807, 2.05) is 6.92 Å². The Balaban J connectivity index is 2.26. The van der Waals surface area contributed by atoms with E-state index in [4.69, 9.17) is 9.15 Å². The molecule has 1 fully saturated rings. The SMILES string of the molecule is CC1CN(S(=O)(=O)c2ccc(C=O)o2)CCCO1. The summed E-state index contributed by atoms with van der Waals surface area (Å²) in [6.07, 6.45) is 0.973. The molecular formula is C11H15NO5S. The van der Waals surface area contributed by atoms with Gasteiger partial charge in [-0.1, -0.05) is 0 Å². The van der Waals surface area contributed by atoms with E-state index in [2.05, 4.69) is 0 Å². The maximum Gasteiger partial charge on any atom is 0.276 e. The fourth-order valence-corrected chi connectivity index (χ4v) is 3.31. The van der Waals surface area contributed by atoms with Crippen molar-refractivity contribution in [1.82, 2.24) is 4.31 Å². The first kappa shape index (κ1) is 13.3. The van der Waals surface area contributed by atoms with Crippen molar-refractivity contribution in [1.29, 1.82) is 0 Å². The molecule has 0 saturated carbocycles. The number of sulfonamides is 1. The minimum atomic E-state index is -3.68. The van der Waals surface area contributed by atoms with E-state index in [0.29, 0.717) is 32.4 Å². The predicted molar refractivity (Wildman–Crippen MR) is 62.9 cm³/mol. The van der Waals surface area contributed by atoms with Crippen molar-refractivity contribution < 1.29 is 22.4 Å². The quantitative estimate of drug-likeness (QED) is 0.764. The minimum Gasteiger partial charge on any atom is -0.440 e. The van der Waals surface area contributed by atoms with Crippen molar-refractivity contribution in [2.24, 2.45) is 0 Å². The third-order valence-corrected chi connectivity index (χ3v) is 4.47. The third kappa shape index (κ3) is 2.63. The first-order valence-corrected chi connectivity index (χ1v) is 7.15. The van der Waals surface area contributed by atoms with Gasteiger partial charge in [0.2, 0.25) is 5.09 Å². The van der Waals surface area contributed by atoms with Crippen LogP contribution in [0.1, 0.15) is 23.9 Å². The Morgan fingerprint density at radius 1 is 1.44 bits per heavy atom. The summed E-state index contributed by atoms with van der Waals surface area (Å²) in [5, 5.41) is -0.196. The van der Waals surface area contributed by atoms with Crippen LogP contribution in [0.25, 0.3) is 0 Å². The molecule has 1 saturated heterocycles. The molecule has 2 rings (SSSR count). The number of carbonyl (C=O) groups excluding carboxylic acids is 1. The van der Waals surface area contributed by atoms with Crippen LogP contribution in [-0.4, -0.2) is 44.8 Å². The lowest BCUT2D eigenvalue weighted by atomic mass is 10.4. The fourth-order valence-electron chi connectivity index (χ4n) is 1.84. The molecule has 1 unspecified atom stereocenters. The second kappa shape index (κ2) is 5.21. The van der Waals surface area contributed by atoms with Gasteiger partial charge in [0, 0.05) is 19.7 Å². The van der Waals surface area contributed by atoms with Crippen LogP contribution in [0.3, 0.4) is 0 Å². The van der Waals surface area contributed by atoms with E-state index in [1.54, 1.807) is 0 Å². The summed E-state index contributed by atoms with van der Waals surface area (Å²) in [6, 6.07) is 2.65. The van der Waals surface area contributed by atoms with E-state index in [9.17, 15) is 13.2 Å². The van der Waals surface area contributed by atoms with Gasteiger partial charge >= 0.3 is 0 Å². The smallest absolute Gasteiger partial charge is 0.276 e. The highest BCUT2D eigenvalue weighted by molar-refractivity contribution is 7.89. The Labute approximate surface area is 106 Å². The molecule has 0 aromatic carbocycles. The second-order valence-corrected chi connectivity index (χ2v) is 6.04. The third-order valence-electron chi connectivity index (χ3n) is 2.73. The van der Waals surface area contributed by atoms with Gasteiger partial charge in [-0.2, -0.15) is 4.31 Å². The predicted octanol–water partition coefficient (Wildman–Crippen LogP) is 0.892. The van der Waals surface area contributed by atoms with Gasteiger partial charge in [-0.15, -0.1) is 0 Å². The first-order valence-electron chi connectivity index (χ1n) is 5.71. The summed E-state index contributed by atoms with van der Waals surface area (Å²) in [6.45, 7) is 3.06. The van der Waals surface area contributed by atoms with Gasteiger partial charge < -0.3 is 9.15 Å². The van der Waals surface area contributed by atoms with E-state index in [1.165, 1.54) is 16.4 Å². The highest BCUT2D eigenvalue weighted by Gasteiger charge is 2.30. The molecular weight excluding hydrogens is 258 g/mol. The van der Waals surface area contributed by atoms with E-state index >= 15 is 0 Å². The molecule has 1 aromatic rings. The number of aldehydes is 1. The molecule has 0 aliphatic carbocycles. The van der Waals surface area contributed by atoms with Gasteiger partial charge in [0.1, 0.15) is 0 Å². The number of hydrogen-bond acceptors (Lipinski definition) is 5. The first-order chi connectivity index (χ1) is 8.54. The highest BCUT2D eigenvalue weighted by Crippen LogP contribution is 2.20. The summed E-state index contributed by atoms with van der Waals surface area (Å²) in [5.41, 5.74) is 0. The highest BCUT2D eigenvalue weighted by atomic mass is 32.2. The fraction of sp³-hybridized carbons (Fsp3) is 0.545. The Kier molecular flexibility index (Phi) is 3.84. The normalized spacial score (nSPS) is 22.6. The van der Waals surface area contributed by atoms with E-state index in [-0.39, 0.29) is 17.0 Å². The Bertz CT molecular complexity index is 521. The maximum atomic E-state index is 12.3. The van der Waals surface area contributed by atoms with Crippen LogP contribution in [0.4, 0.5) is 0 Å². The summed E-state index contributed by atoms with van der Waals surface area (Å²) in [7, 11) is -3.68. The van der Waals surface area contributed by atoms with Crippen LogP contribution in [0.15, 0.2) is 21.6 Å². The van der Waals surface area contributed by atoms with Gasteiger partial charge in [0.25, 0.3) is 10.0 Å². The van der Waals surface area contributed by atoms with Crippen molar-refractivity contribution >= 4 is 16.3 Å². The molecule has 6 nitrogen and oxygen atoms in total. The molecule has 2 heterocycles. The molecule has 0 bridgehead atoms. The van der Waals surface area contributed by atoms with Gasteiger partial charge in [0.05, 0.1) is 6.10 Å². The van der Waals surface area contributed by atoms with Crippen LogP contribution in [0, 0.1) is 0 Å². The molecule has 1 aliphatic heterocycles. The Morgan fingerprint density at radius 3 is 2.89 bits per heavy atom. The molecule has 7 heteroatoms. The number of hydrogen-bond donors (Lipinski definition) is 0. The van der Waals surface area contributed by atoms with Crippen LogP contribution in [0.5, 0.6) is 0 Å². The van der Waals surface area contributed by atoms with Crippen LogP contribution >= 0.6 is 0 Å². The van der Waals surface area contributed by atoms with Gasteiger partial charge in [-0.3, -0.25) is 4.79 Å². The lowest BCUT2D eigenvalue weighted by Gasteiger charge is -2.19. The molecule has 1 aliphatic rings. The summed E-state index contributed by atoms with van der Waals surface area (Å²) < 4.78 is 36.3. The van der Waals surface area contributed by atoms with Crippen LogP contribution < -0.4 is 0 Å². The van der Waals surface area contributed by atoms with Crippen molar-refractivity contribution in [3.05, 3.63) is 17.9 Å². The molecule has 0 radical (unpaired) electrons. The molecule has 1 atom stereocenters. The van der Waals surface area contributed by atoms with Crippen LogP contribution in [0.2, 0.25) is 0 Å². The molecule has 0 amide bonds. The van der Waals surface area contributed by atoms with Gasteiger partial charge in [0.15, 0.2) is 12.0 Å². The lowest BCUT2D eigenvalue weighted by Crippen LogP contribution is -2.35. The minimum absolute atomic E-state index is 0.00713. The average molecular weight is 273 g/mol. The molecule has 100 valence electrons. The molecule has 0 N–H and O–H groups in total. The summed E-state index contributed by atoms with van der Waals surface area (Å²) >= 11 is 0. The Morgan fingerprint density at radius 2 is 2.22 bits per heavy atom.